The predicted octanol–water partition coefficient (Wildman–Crippen LogP) is 3.67. The van der Waals surface area contributed by atoms with E-state index in [1.165, 1.54) is 0 Å². The molecule has 0 atom stereocenters. The molecule has 2 aliphatic rings. The summed E-state index contributed by atoms with van der Waals surface area (Å²) in [5.74, 6) is 1.23. The number of ether oxygens (including phenoxy) is 3. The van der Waals surface area contributed by atoms with Crippen LogP contribution in [0.5, 0.6) is 11.5 Å². The first kappa shape index (κ1) is 15.2. The van der Waals surface area contributed by atoms with Crippen molar-refractivity contribution in [3.05, 3.63) is 62.4 Å². The molecule has 0 saturated heterocycles. The summed E-state index contributed by atoms with van der Waals surface area (Å²) in [6, 6.07) is 11.3. The molecule has 0 unspecified atom stereocenters. The number of carbonyl (C=O) groups excluding carboxylic acids is 1. The highest BCUT2D eigenvalue weighted by atomic mass is 127. The van der Waals surface area contributed by atoms with Crippen LogP contribution in [0.1, 0.15) is 16.7 Å². The van der Waals surface area contributed by atoms with Gasteiger partial charge in [-0.2, -0.15) is 0 Å². The Kier molecular flexibility index (Phi) is 3.76. The molecule has 0 bridgehead atoms. The maximum atomic E-state index is 12.1. The Hall–Kier alpha value is -2.35. The van der Waals surface area contributed by atoms with Gasteiger partial charge in [-0.25, -0.2) is 9.79 Å². The Morgan fingerprint density at radius 2 is 1.96 bits per heavy atom. The van der Waals surface area contributed by atoms with Crippen LogP contribution in [0.4, 0.5) is 0 Å². The van der Waals surface area contributed by atoms with Crippen LogP contribution in [0.3, 0.4) is 0 Å². The number of carbonyl (C=O) groups is 1. The molecule has 0 aliphatic carbocycles. The van der Waals surface area contributed by atoms with E-state index in [9.17, 15) is 4.79 Å². The van der Waals surface area contributed by atoms with Crippen molar-refractivity contribution in [2.75, 3.05) is 6.79 Å². The number of hydrogen-bond acceptors (Lipinski definition) is 5. The number of hydrogen-bond donors (Lipinski definition) is 0. The largest absolute Gasteiger partial charge is 0.454 e. The lowest BCUT2D eigenvalue weighted by Crippen LogP contribution is -2.05. The summed E-state index contributed by atoms with van der Waals surface area (Å²) in [5, 5.41) is 0. The third kappa shape index (κ3) is 2.77. The quantitative estimate of drug-likeness (QED) is 0.412. The van der Waals surface area contributed by atoms with Gasteiger partial charge < -0.3 is 14.2 Å². The fraction of sp³-hybridized carbons (Fsp3) is 0.111. The Morgan fingerprint density at radius 1 is 1.12 bits per heavy atom. The van der Waals surface area contributed by atoms with Gasteiger partial charge in [0.2, 0.25) is 12.7 Å². The summed E-state index contributed by atoms with van der Waals surface area (Å²) in [7, 11) is 0. The molecule has 0 fully saturated rings. The fourth-order valence-electron chi connectivity index (χ4n) is 2.47. The number of esters is 1. The zero-order valence-corrected chi connectivity index (χ0v) is 14.9. The molecule has 0 amide bonds. The Balaban J connectivity index is 1.67. The molecule has 2 aromatic rings. The van der Waals surface area contributed by atoms with Crippen molar-refractivity contribution >= 4 is 40.5 Å². The highest BCUT2D eigenvalue weighted by Gasteiger charge is 2.24. The third-order valence-corrected chi connectivity index (χ3v) is 4.94. The maximum Gasteiger partial charge on any atom is 0.363 e. The summed E-state index contributed by atoms with van der Waals surface area (Å²) < 4.78 is 17.1. The minimum absolute atomic E-state index is 0.214. The molecule has 4 rings (SSSR count). The number of cyclic esters (lactones) is 1. The molecule has 2 heterocycles. The molecule has 5 nitrogen and oxygen atoms in total. The summed E-state index contributed by atoms with van der Waals surface area (Å²) in [6.07, 6.45) is 1.68. The van der Waals surface area contributed by atoms with Crippen LogP contribution in [-0.2, 0) is 9.53 Å². The standard InChI is InChI=1S/C18H12INO4/c1-10-6-12(3-4-13(10)19)17-20-14(18(21)24-17)7-11-2-5-15-16(8-11)23-9-22-15/h2-8H,9H2,1H3/b14-7-. The number of benzene rings is 2. The van der Waals surface area contributed by atoms with E-state index in [1.807, 2.05) is 43.3 Å². The second kappa shape index (κ2) is 5.94. The fourth-order valence-corrected chi connectivity index (χ4v) is 2.81. The number of nitrogens with zero attached hydrogens (tertiary/aromatic N) is 1. The minimum Gasteiger partial charge on any atom is -0.454 e. The van der Waals surface area contributed by atoms with Crippen molar-refractivity contribution in [2.45, 2.75) is 6.92 Å². The van der Waals surface area contributed by atoms with Gasteiger partial charge in [0.1, 0.15) is 0 Å². The monoisotopic (exact) mass is 433 g/mol. The van der Waals surface area contributed by atoms with E-state index in [1.54, 1.807) is 6.08 Å². The van der Waals surface area contributed by atoms with Crippen LogP contribution in [-0.4, -0.2) is 18.7 Å². The van der Waals surface area contributed by atoms with Gasteiger partial charge in [0.15, 0.2) is 17.2 Å². The summed E-state index contributed by atoms with van der Waals surface area (Å²) in [4.78, 5) is 16.4. The normalized spacial score (nSPS) is 17.2. The van der Waals surface area contributed by atoms with Crippen molar-refractivity contribution < 1.29 is 19.0 Å². The average Bonchev–Trinajstić information content (AvgIpc) is 3.17. The average molecular weight is 433 g/mol. The first-order valence-corrected chi connectivity index (χ1v) is 8.37. The van der Waals surface area contributed by atoms with Gasteiger partial charge in [-0.05, 0) is 77.0 Å². The molecule has 2 aliphatic heterocycles. The van der Waals surface area contributed by atoms with E-state index >= 15 is 0 Å². The van der Waals surface area contributed by atoms with E-state index in [0.29, 0.717) is 17.4 Å². The first-order valence-electron chi connectivity index (χ1n) is 7.29. The van der Waals surface area contributed by atoms with Crippen LogP contribution >= 0.6 is 22.6 Å². The zero-order chi connectivity index (χ0) is 16.7. The van der Waals surface area contributed by atoms with Gasteiger partial charge in [0, 0.05) is 9.13 Å². The lowest BCUT2D eigenvalue weighted by molar-refractivity contribution is -0.129. The van der Waals surface area contributed by atoms with Gasteiger partial charge in [0.25, 0.3) is 0 Å². The van der Waals surface area contributed by atoms with E-state index in [4.69, 9.17) is 14.2 Å². The van der Waals surface area contributed by atoms with Crippen molar-refractivity contribution in [1.29, 1.82) is 0 Å². The van der Waals surface area contributed by atoms with E-state index in [0.717, 1.165) is 20.3 Å². The number of rotatable bonds is 2. The third-order valence-electron chi connectivity index (χ3n) is 3.73. The maximum absolute atomic E-state index is 12.1. The second-order valence-electron chi connectivity index (χ2n) is 5.41. The minimum atomic E-state index is -0.459. The van der Waals surface area contributed by atoms with Gasteiger partial charge >= 0.3 is 5.97 Å². The van der Waals surface area contributed by atoms with Crippen LogP contribution in [0, 0.1) is 10.5 Å². The van der Waals surface area contributed by atoms with Crippen LogP contribution in [0.2, 0.25) is 0 Å². The number of fused-ring (bicyclic) bond motifs is 1. The van der Waals surface area contributed by atoms with E-state index < -0.39 is 5.97 Å². The molecule has 120 valence electrons. The van der Waals surface area contributed by atoms with Crippen molar-refractivity contribution in [2.24, 2.45) is 4.99 Å². The van der Waals surface area contributed by atoms with E-state index in [-0.39, 0.29) is 12.5 Å². The Labute approximate surface area is 152 Å². The molecular weight excluding hydrogens is 421 g/mol. The zero-order valence-electron chi connectivity index (χ0n) is 12.7. The molecule has 6 heteroatoms. The molecule has 0 spiro atoms. The number of aliphatic imine (C=N–C) groups is 1. The van der Waals surface area contributed by atoms with Gasteiger partial charge in [-0.1, -0.05) is 6.07 Å². The van der Waals surface area contributed by atoms with Gasteiger partial charge in [0.05, 0.1) is 0 Å². The smallest absolute Gasteiger partial charge is 0.363 e. The van der Waals surface area contributed by atoms with Crippen LogP contribution < -0.4 is 9.47 Å². The SMILES string of the molecule is Cc1cc(C2=N/C(=C\c3ccc4c(c3)OCO4)C(=O)O2)ccc1I. The van der Waals surface area contributed by atoms with Crippen LogP contribution in [0.15, 0.2) is 47.1 Å². The summed E-state index contributed by atoms with van der Waals surface area (Å²) in [5.41, 5.74) is 2.96. The molecule has 24 heavy (non-hydrogen) atoms. The Bertz CT molecular complexity index is 917. The molecule has 2 aromatic carbocycles. The highest BCUT2D eigenvalue weighted by molar-refractivity contribution is 14.1. The van der Waals surface area contributed by atoms with Crippen LogP contribution in [0.25, 0.3) is 6.08 Å². The second-order valence-corrected chi connectivity index (χ2v) is 6.57. The lowest BCUT2D eigenvalue weighted by Gasteiger charge is -2.02. The highest BCUT2D eigenvalue weighted by Crippen LogP contribution is 2.33. The summed E-state index contributed by atoms with van der Waals surface area (Å²) in [6.45, 7) is 2.22. The van der Waals surface area contributed by atoms with Crippen molar-refractivity contribution in [3.63, 3.8) is 0 Å². The number of aryl methyl sites for hydroxylation is 1. The molecule has 0 radical (unpaired) electrons. The lowest BCUT2D eigenvalue weighted by atomic mass is 10.1. The van der Waals surface area contributed by atoms with E-state index in [2.05, 4.69) is 27.6 Å². The molecule has 0 N–H and O–H groups in total. The van der Waals surface area contributed by atoms with Gasteiger partial charge in [-0.15, -0.1) is 0 Å². The Morgan fingerprint density at radius 3 is 2.79 bits per heavy atom. The molecular formula is C18H12INO4. The molecule has 0 saturated carbocycles. The topological polar surface area (TPSA) is 57.1 Å². The first-order chi connectivity index (χ1) is 11.6. The summed E-state index contributed by atoms with van der Waals surface area (Å²) >= 11 is 2.26. The predicted molar refractivity (Wildman–Crippen MR) is 97.1 cm³/mol. The van der Waals surface area contributed by atoms with Crippen molar-refractivity contribution in [1.82, 2.24) is 0 Å². The van der Waals surface area contributed by atoms with Gasteiger partial charge in [-0.3, -0.25) is 0 Å². The van der Waals surface area contributed by atoms with Crippen molar-refractivity contribution in [3.8, 4) is 11.5 Å². The molecule has 0 aromatic heterocycles. The number of halogens is 1.